The molecule has 0 aliphatic carbocycles. The van der Waals surface area contributed by atoms with Crippen LogP contribution >= 0.6 is 15.9 Å². The fourth-order valence-electron chi connectivity index (χ4n) is 1.83. The van der Waals surface area contributed by atoms with Crippen molar-refractivity contribution in [2.75, 3.05) is 0 Å². The first-order chi connectivity index (χ1) is 10.0. The molecule has 0 heterocycles. The molecule has 2 aromatic rings. The van der Waals surface area contributed by atoms with E-state index in [0.29, 0.717) is 16.9 Å². The Morgan fingerprint density at radius 1 is 1.33 bits per heavy atom. The summed E-state index contributed by atoms with van der Waals surface area (Å²) in [5.41, 5.74) is 7.54. The molecule has 0 atom stereocenters. The number of ether oxygens (including phenoxy) is 1. The highest BCUT2D eigenvalue weighted by Crippen LogP contribution is 2.23. The largest absolute Gasteiger partial charge is 0.489 e. The lowest BCUT2D eigenvalue weighted by molar-refractivity contribution is 0.304. The highest BCUT2D eigenvalue weighted by molar-refractivity contribution is 9.10. The van der Waals surface area contributed by atoms with Gasteiger partial charge in [0.2, 0.25) is 0 Å². The first kappa shape index (κ1) is 15.3. The molecule has 2 aromatic carbocycles. The Kier molecular flexibility index (Phi) is 4.80. The summed E-state index contributed by atoms with van der Waals surface area (Å²) in [4.78, 5) is 0. The molecule has 4 nitrogen and oxygen atoms in total. The second-order valence-corrected chi connectivity index (χ2v) is 5.34. The van der Waals surface area contributed by atoms with Crippen LogP contribution in [0.5, 0.6) is 5.75 Å². The van der Waals surface area contributed by atoms with Gasteiger partial charge in [-0.25, -0.2) is 4.39 Å². The molecule has 0 unspecified atom stereocenters. The van der Waals surface area contributed by atoms with Gasteiger partial charge in [-0.05, 0) is 42.8 Å². The second kappa shape index (κ2) is 6.58. The van der Waals surface area contributed by atoms with Crippen LogP contribution in [0.15, 0.2) is 46.0 Å². The van der Waals surface area contributed by atoms with Crippen molar-refractivity contribution < 1.29 is 14.3 Å². The highest BCUT2D eigenvalue weighted by atomic mass is 79.9. The van der Waals surface area contributed by atoms with Crippen molar-refractivity contribution in [3.63, 3.8) is 0 Å². The summed E-state index contributed by atoms with van der Waals surface area (Å²) in [6.45, 7) is 2.14. The summed E-state index contributed by atoms with van der Waals surface area (Å²) < 4.78 is 19.9. The lowest BCUT2D eigenvalue weighted by atomic mass is 10.1. The van der Waals surface area contributed by atoms with Gasteiger partial charge in [-0.2, -0.15) is 0 Å². The van der Waals surface area contributed by atoms with Gasteiger partial charge in [-0.1, -0.05) is 27.2 Å². The number of amidine groups is 1. The highest BCUT2D eigenvalue weighted by Gasteiger charge is 2.10. The summed E-state index contributed by atoms with van der Waals surface area (Å²) in [6.07, 6.45) is 0. The lowest BCUT2D eigenvalue weighted by Gasteiger charge is -2.11. The Morgan fingerprint density at radius 3 is 2.76 bits per heavy atom. The number of rotatable bonds is 4. The van der Waals surface area contributed by atoms with Crippen LogP contribution in [0.3, 0.4) is 0 Å². The summed E-state index contributed by atoms with van der Waals surface area (Å²) in [7, 11) is 0. The number of nitrogens with two attached hydrogens (primary N) is 1. The predicted octanol–water partition coefficient (Wildman–Crippen LogP) is 3.57. The van der Waals surface area contributed by atoms with Crippen LogP contribution in [-0.4, -0.2) is 11.0 Å². The van der Waals surface area contributed by atoms with Crippen LogP contribution in [0.1, 0.15) is 16.7 Å². The first-order valence-corrected chi connectivity index (χ1v) is 6.96. The number of oxime groups is 1. The molecule has 0 saturated carbocycles. The molecule has 0 amide bonds. The van der Waals surface area contributed by atoms with E-state index in [0.717, 1.165) is 10.0 Å². The summed E-state index contributed by atoms with van der Waals surface area (Å²) in [5.74, 6) is 0.0745. The number of aryl methyl sites for hydroxylation is 1. The monoisotopic (exact) mass is 352 g/mol. The van der Waals surface area contributed by atoms with Gasteiger partial charge in [0.05, 0.1) is 0 Å². The predicted molar refractivity (Wildman–Crippen MR) is 82.1 cm³/mol. The van der Waals surface area contributed by atoms with Gasteiger partial charge in [-0.3, -0.25) is 0 Å². The fourth-order valence-corrected chi connectivity index (χ4v) is 2.08. The number of nitrogens with zero attached hydrogens (tertiary/aromatic N) is 1. The van der Waals surface area contributed by atoms with Gasteiger partial charge in [0.1, 0.15) is 18.2 Å². The van der Waals surface area contributed by atoms with Gasteiger partial charge >= 0.3 is 0 Å². The quantitative estimate of drug-likeness (QED) is 0.382. The van der Waals surface area contributed by atoms with E-state index in [-0.39, 0.29) is 12.4 Å². The van der Waals surface area contributed by atoms with Crippen LogP contribution in [0.25, 0.3) is 0 Å². The van der Waals surface area contributed by atoms with Crippen LogP contribution < -0.4 is 10.5 Å². The van der Waals surface area contributed by atoms with Gasteiger partial charge < -0.3 is 15.7 Å². The fraction of sp³-hybridized carbons (Fsp3) is 0.133. The van der Waals surface area contributed by atoms with E-state index < -0.39 is 5.82 Å². The number of hydrogen-bond acceptors (Lipinski definition) is 3. The molecule has 3 N–H and O–H groups in total. The maximum absolute atomic E-state index is 13.3. The standard InChI is InChI=1S/C15H14BrFN2O2/c1-9-6-12(4-5-14(9)16)21-8-10-2-3-11(17)7-13(10)15(18)19-20/h2-7,20H,8H2,1H3,(H2,18,19). The van der Waals surface area contributed by atoms with Crippen LogP contribution in [-0.2, 0) is 6.61 Å². The molecular formula is C15H14BrFN2O2. The number of benzene rings is 2. The Balaban J connectivity index is 2.21. The molecule has 110 valence electrons. The zero-order valence-electron chi connectivity index (χ0n) is 11.3. The van der Waals surface area contributed by atoms with Crippen LogP contribution in [0.2, 0.25) is 0 Å². The van der Waals surface area contributed by atoms with E-state index in [9.17, 15) is 4.39 Å². The van der Waals surface area contributed by atoms with Crippen molar-refractivity contribution in [3.05, 3.63) is 63.4 Å². The maximum Gasteiger partial charge on any atom is 0.170 e. The van der Waals surface area contributed by atoms with Crippen molar-refractivity contribution in [2.24, 2.45) is 10.9 Å². The van der Waals surface area contributed by atoms with Crippen molar-refractivity contribution in [1.29, 1.82) is 0 Å². The SMILES string of the molecule is Cc1cc(OCc2ccc(F)cc2/C(N)=N/O)ccc1Br. The Morgan fingerprint density at radius 2 is 2.10 bits per heavy atom. The molecule has 0 spiro atoms. The van der Waals surface area contributed by atoms with Crippen molar-refractivity contribution in [1.82, 2.24) is 0 Å². The van der Waals surface area contributed by atoms with Crippen molar-refractivity contribution in [2.45, 2.75) is 13.5 Å². The van der Waals surface area contributed by atoms with E-state index in [4.69, 9.17) is 15.7 Å². The number of halogens is 2. The van der Waals surface area contributed by atoms with Crippen LogP contribution in [0.4, 0.5) is 4.39 Å². The third-order valence-electron chi connectivity index (χ3n) is 2.98. The first-order valence-electron chi connectivity index (χ1n) is 6.16. The van der Waals surface area contributed by atoms with E-state index in [2.05, 4.69) is 21.1 Å². The minimum Gasteiger partial charge on any atom is -0.489 e. The van der Waals surface area contributed by atoms with Gasteiger partial charge in [0.25, 0.3) is 0 Å². The zero-order valence-corrected chi connectivity index (χ0v) is 12.9. The van der Waals surface area contributed by atoms with Gasteiger partial charge in [0.15, 0.2) is 5.84 Å². The van der Waals surface area contributed by atoms with Crippen LogP contribution in [0, 0.1) is 12.7 Å². The van der Waals surface area contributed by atoms with Gasteiger partial charge in [-0.15, -0.1) is 0 Å². The lowest BCUT2D eigenvalue weighted by Crippen LogP contribution is -2.16. The van der Waals surface area contributed by atoms with E-state index >= 15 is 0 Å². The molecule has 0 bridgehead atoms. The number of hydrogen-bond donors (Lipinski definition) is 2. The van der Waals surface area contributed by atoms with E-state index in [1.807, 2.05) is 25.1 Å². The van der Waals surface area contributed by atoms with Crippen molar-refractivity contribution >= 4 is 21.8 Å². The minimum atomic E-state index is -0.458. The summed E-state index contributed by atoms with van der Waals surface area (Å²) in [5, 5.41) is 11.7. The molecule has 21 heavy (non-hydrogen) atoms. The molecule has 6 heteroatoms. The van der Waals surface area contributed by atoms with Crippen molar-refractivity contribution in [3.8, 4) is 5.75 Å². The zero-order chi connectivity index (χ0) is 15.4. The molecule has 0 aliphatic rings. The second-order valence-electron chi connectivity index (χ2n) is 4.49. The summed E-state index contributed by atoms with van der Waals surface area (Å²) >= 11 is 3.42. The third-order valence-corrected chi connectivity index (χ3v) is 3.87. The Hall–Kier alpha value is -2.08. The smallest absolute Gasteiger partial charge is 0.170 e. The molecule has 0 radical (unpaired) electrons. The Bertz CT molecular complexity index is 689. The summed E-state index contributed by atoms with van der Waals surface area (Å²) in [6, 6.07) is 9.66. The topological polar surface area (TPSA) is 67.8 Å². The van der Waals surface area contributed by atoms with Gasteiger partial charge in [0, 0.05) is 15.6 Å². The maximum atomic E-state index is 13.3. The molecule has 0 aromatic heterocycles. The third kappa shape index (κ3) is 3.72. The molecule has 0 saturated heterocycles. The average molecular weight is 353 g/mol. The normalized spacial score (nSPS) is 11.5. The van der Waals surface area contributed by atoms with E-state index in [1.165, 1.54) is 12.1 Å². The minimum absolute atomic E-state index is 0.153. The average Bonchev–Trinajstić information content (AvgIpc) is 2.48. The molecule has 2 rings (SSSR count). The van der Waals surface area contributed by atoms with E-state index in [1.54, 1.807) is 6.07 Å². The Labute approximate surface area is 130 Å². The molecule has 0 aliphatic heterocycles. The molecular weight excluding hydrogens is 339 g/mol. The molecule has 0 fully saturated rings.